The van der Waals surface area contributed by atoms with Crippen LogP contribution < -0.4 is 5.32 Å². The molecule has 5 heteroatoms. The molecule has 3 nitrogen and oxygen atoms in total. The van der Waals surface area contributed by atoms with Gasteiger partial charge in [0.05, 0.1) is 0 Å². The highest BCUT2D eigenvalue weighted by molar-refractivity contribution is 6.30. The first-order valence-electron chi connectivity index (χ1n) is 6.94. The Morgan fingerprint density at radius 2 is 2.10 bits per heavy atom. The van der Waals surface area contributed by atoms with Gasteiger partial charge in [-0.2, -0.15) is 0 Å². The maximum atomic E-state index is 12.5. The van der Waals surface area contributed by atoms with E-state index < -0.39 is 0 Å². The number of nitrogens with zero attached hydrogens (tertiary/aromatic N) is 1. The topological polar surface area (TPSA) is 32.3 Å². The Hall–Kier alpha value is -0.770. The van der Waals surface area contributed by atoms with Crippen LogP contribution >= 0.6 is 24.0 Å². The minimum absolute atomic E-state index is 0. The fraction of sp³-hybridized carbons (Fsp3) is 0.533. The first-order valence-corrected chi connectivity index (χ1v) is 7.32. The second-order valence-corrected chi connectivity index (χ2v) is 5.44. The van der Waals surface area contributed by atoms with E-state index in [1.54, 1.807) is 0 Å². The smallest absolute Gasteiger partial charge is 0.226 e. The predicted octanol–water partition coefficient (Wildman–Crippen LogP) is 3.11. The van der Waals surface area contributed by atoms with Crippen molar-refractivity contribution in [1.82, 2.24) is 10.2 Å². The monoisotopic (exact) mass is 316 g/mol. The van der Waals surface area contributed by atoms with Crippen LogP contribution in [0.5, 0.6) is 0 Å². The van der Waals surface area contributed by atoms with Gasteiger partial charge in [0.1, 0.15) is 0 Å². The molecule has 20 heavy (non-hydrogen) atoms. The molecule has 0 radical (unpaired) electrons. The van der Waals surface area contributed by atoms with E-state index in [2.05, 4.69) is 5.32 Å². The molecule has 1 N–H and O–H groups in total. The predicted molar refractivity (Wildman–Crippen MR) is 85.4 cm³/mol. The van der Waals surface area contributed by atoms with Gasteiger partial charge in [0.25, 0.3) is 0 Å². The van der Waals surface area contributed by atoms with Gasteiger partial charge >= 0.3 is 0 Å². The Morgan fingerprint density at radius 1 is 1.40 bits per heavy atom. The van der Waals surface area contributed by atoms with Crippen molar-refractivity contribution in [3.05, 3.63) is 34.9 Å². The molecule has 2 rings (SSSR count). The highest BCUT2D eigenvalue weighted by Gasteiger charge is 2.25. The lowest BCUT2D eigenvalue weighted by Crippen LogP contribution is -2.40. The molecule has 1 amide bonds. The lowest BCUT2D eigenvalue weighted by Gasteiger charge is -2.29. The number of benzene rings is 1. The fourth-order valence-electron chi connectivity index (χ4n) is 2.53. The van der Waals surface area contributed by atoms with E-state index >= 15 is 0 Å². The van der Waals surface area contributed by atoms with Gasteiger partial charge < -0.3 is 10.2 Å². The summed E-state index contributed by atoms with van der Waals surface area (Å²) < 4.78 is 0. The number of nitrogens with one attached hydrogen (secondary N) is 1. The fourth-order valence-corrected chi connectivity index (χ4v) is 2.74. The van der Waals surface area contributed by atoms with Crippen LogP contribution in [0.1, 0.15) is 25.3 Å². The van der Waals surface area contributed by atoms with Crippen LogP contribution in [0.4, 0.5) is 0 Å². The molecule has 1 saturated heterocycles. The van der Waals surface area contributed by atoms with Crippen LogP contribution in [-0.4, -0.2) is 30.4 Å². The van der Waals surface area contributed by atoms with E-state index in [-0.39, 0.29) is 24.2 Å². The van der Waals surface area contributed by atoms with Crippen molar-refractivity contribution in [3.63, 3.8) is 0 Å². The molecule has 0 unspecified atom stereocenters. The highest BCUT2D eigenvalue weighted by Crippen LogP contribution is 2.18. The number of carbonyl (C=O) groups is 1. The normalized spacial score (nSPS) is 15.5. The molecule has 1 aliphatic heterocycles. The van der Waals surface area contributed by atoms with Crippen LogP contribution in [-0.2, 0) is 11.3 Å². The summed E-state index contributed by atoms with van der Waals surface area (Å²) in [5, 5.41) is 4.02. The average Bonchev–Trinajstić information content (AvgIpc) is 2.45. The third kappa shape index (κ3) is 4.65. The van der Waals surface area contributed by atoms with Gasteiger partial charge in [-0.1, -0.05) is 23.7 Å². The summed E-state index contributed by atoms with van der Waals surface area (Å²) in [7, 11) is 0. The zero-order valence-electron chi connectivity index (χ0n) is 11.8. The van der Waals surface area contributed by atoms with E-state index in [0.29, 0.717) is 6.54 Å². The van der Waals surface area contributed by atoms with Crippen LogP contribution in [0.2, 0.25) is 5.02 Å². The maximum Gasteiger partial charge on any atom is 0.226 e. The van der Waals surface area contributed by atoms with Crippen LogP contribution in [0, 0.1) is 5.92 Å². The highest BCUT2D eigenvalue weighted by atomic mass is 35.5. The summed E-state index contributed by atoms with van der Waals surface area (Å²) >= 11 is 5.99. The SMILES string of the molecule is CCN(Cc1cccc(Cl)c1)C(=O)C1CCNCC1.Cl. The number of piperidine rings is 1. The molecule has 0 bridgehead atoms. The van der Waals surface area contributed by atoms with E-state index in [9.17, 15) is 4.79 Å². The van der Waals surface area contributed by atoms with Gasteiger partial charge in [-0.15, -0.1) is 12.4 Å². The van der Waals surface area contributed by atoms with E-state index in [1.807, 2.05) is 36.1 Å². The van der Waals surface area contributed by atoms with Gasteiger partial charge in [-0.25, -0.2) is 0 Å². The number of amides is 1. The summed E-state index contributed by atoms with van der Waals surface area (Å²) in [5.74, 6) is 0.462. The van der Waals surface area contributed by atoms with Gasteiger partial charge in [-0.3, -0.25) is 4.79 Å². The summed E-state index contributed by atoms with van der Waals surface area (Å²) in [5.41, 5.74) is 1.09. The Labute approximate surface area is 132 Å². The third-order valence-electron chi connectivity index (χ3n) is 3.64. The summed E-state index contributed by atoms with van der Waals surface area (Å²) in [4.78, 5) is 14.4. The number of halogens is 2. The van der Waals surface area contributed by atoms with E-state index in [0.717, 1.165) is 43.1 Å². The van der Waals surface area contributed by atoms with Crippen LogP contribution in [0.3, 0.4) is 0 Å². The van der Waals surface area contributed by atoms with Crippen LogP contribution in [0.25, 0.3) is 0 Å². The van der Waals surface area contributed by atoms with Crippen LogP contribution in [0.15, 0.2) is 24.3 Å². The Balaban J connectivity index is 0.00000200. The first-order chi connectivity index (χ1) is 9.20. The summed E-state index contributed by atoms with van der Waals surface area (Å²) in [6.45, 7) is 5.33. The van der Waals surface area contributed by atoms with Gasteiger partial charge in [0.15, 0.2) is 0 Å². The van der Waals surface area contributed by atoms with Crippen molar-refractivity contribution >= 4 is 29.9 Å². The zero-order valence-corrected chi connectivity index (χ0v) is 13.3. The van der Waals surface area contributed by atoms with Crippen molar-refractivity contribution < 1.29 is 4.79 Å². The molecular formula is C15H22Cl2N2O. The molecule has 0 aliphatic carbocycles. The average molecular weight is 317 g/mol. The summed E-state index contributed by atoms with van der Waals surface area (Å²) in [6.07, 6.45) is 1.90. The van der Waals surface area contributed by atoms with Crippen molar-refractivity contribution in [2.45, 2.75) is 26.3 Å². The second-order valence-electron chi connectivity index (χ2n) is 5.01. The quantitative estimate of drug-likeness (QED) is 0.925. The maximum absolute atomic E-state index is 12.5. The minimum atomic E-state index is 0. The lowest BCUT2D eigenvalue weighted by molar-refractivity contribution is -0.136. The van der Waals surface area contributed by atoms with E-state index in [1.165, 1.54) is 0 Å². The van der Waals surface area contributed by atoms with Gasteiger partial charge in [-0.05, 0) is 50.6 Å². The van der Waals surface area contributed by atoms with Crippen molar-refractivity contribution in [2.24, 2.45) is 5.92 Å². The largest absolute Gasteiger partial charge is 0.338 e. The Morgan fingerprint density at radius 3 is 2.70 bits per heavy atom. The standard InChI is InChI=1S/C15H21ClN2O.ClH/c1-2-18(11-12-4-3-5-14(16)10-12)15(19)13-6-8-17-9-7-13;/h3-5,10,13,17H,2,6-9,11H2,1H3;1H. The van der Waals surface area contributed by atoms with Crippen molar-refractivity contribution in [3.8, 4) is 0 Å². The molecule has 0 aromatic heterocycles. The van der Waals surface area contributed by atoms with Crippen molar-refractivity contribution in [1.29, 1.82) is 0 Å². The van der Waals surface area contributed by atoms with Crippen molar-refractivity contribution in [2.75, 3.05) is 19.6 Å². The molecule has 1 aromatic rings. The number of hydrogen-bond donors (Lipinski definition) is 1. The molecule has 1 heterocycles. The molecule has 0 atom stereocenters. The first kappa shape index (κ1) is 17.3. The second kappa shape index (κ2) is 8.50. The molecule has 1 aliphatic rings. The number of hydrogen-bond acceptors (Lipinski definition) is 2. The lowest BCUT2D eigenvalue weighted by atomic mass is 9.96. The molecule has 0 saturated carbocycles. The number of carbonyl (C=O) groups excluding carboxylic acids is 1. The summed E-state index contributed by atoms with van der Waals surface area (Å²) in [6, 6.07) is 7.74. The third-order valence-corrected chi connectivity index (χ3v) is 3.88. The minimum Gasteiger partial charge on any atom is -0.338 e. The number of rotatable bonds is 4. The molecule has 0 spiro atoms. The molecule has 1 aromatic carbocycles. The Kier molecular flexibility index (Phi) is 7.35. The molecule has 1 fully saturated rings. The van der Waals surface area contributed by atoms with E-state index in [4.69, 9.17) is 11.6 Å². The Bertz CT molecular complexity index is 434. The van der Waals surface area contributed by atoms with Gasteiger partial charge in [0, 0.05) is 24.0 Å². The zero-order chi connectivity index (χ0) is 13.7. The van der Waals surface area contributed by atoms with Gasteiger partial charge in [0.2, 0.25) is 5.91 Å². The molecule has 112 valence electrons. The molecular weight excluding hydrogens is 295 g/mol.